The summed E-state index contributed by atoms with van der Waals surface area (Å²) in [5.74, 6) is 0.229. The zero-order chi connectivity index (χ0) is 20.1. The summed E-state index contributed by atoms with van der Waals surface area (Å²) in [6, 6.07) is 0. The third kappa shape index (κ3) is 2.81. The Morgan fingerprint density at radius 2 is 1.76 bits per heavy atom. The number of nitrogen functional groups attached to an aromatic ring is 1. The Hall–Kier alpha value is -2.87. The average Bonchev–Trinajstić information content (AvgIpc) is 3.41. The molecule has 0 bridgehead atoms. The number of fused-ring (bicyclic) bond motifs is 2. The molecule has 4 aromatic heterocycles. The van der Waals surface area contributed by atoms with E-state index in [0.717, 1.165) is 5.03 Å². The Bertz CT molecular complexity index is 1200. The molecule has 1 fully saturated rings. The van der Waals surface area contributed by atoms with Crippen molar-refractivity contribution < 1.29 is 14.9 Å². The van der Waals surface area contributed by atoms with Crippen molar-refractivity contribution in [3.05, 3.63) is 25.3 Å². The van der Waals surface area contributed by atoms with Gasteiger partial charge in [0.2, 0.25) is 0 Å². The maximum atomic E-state index is 10.6. The van der Waals surface area contributed by atoms with Crippen molar-refractivity contribution in [2.24, 2.45) is 0 Å². The van der Waals surface area contributed by atoms with E-state index in [4.69, 9.17) is 10.5 Å². The molecule has 0 spiro atoms. The van der Waals surface area contributed by atoms with Gasteiger partial charge < -0.3 is 25.3 Å². The first-order chi connectivity index (χ1) is 14.1. The van der Waals surface area contributed by atoms with Gasteiger partial charge in [-0.25, -0.2) is 29.9 Å². The molecule has 0 aromatic carbocycles. The summed E-state index contributed by atoms with van der Waals surface area (Å²) < 4.78 is 9.29. The summed E-state index contributed by atoms with van der Waals surface area (Å²) in [5.41, 5.74) is 7.95. The molecule has 1 aliphatic rings. The van der Waals surface area contributed by atoms with Crippen LogP contribution in [0.25, 0.3) is 22.3 Å². The molecule has 4 atom stereocenters. The largest absolute Gasteiger partial charge is 0.387 e. The fourth-order valence-corrected chi connectivity index (χ4v) is 3.99. The van der Waals surface area contributed by atoms with E-state index >= 15 is 0 Å². The van der Waals surface area contributed by atoms with Crippen LogP contribution in [0.3, 0.4) is 0 Å². The highest BCUT2D eigenvalue weighted by atomic mass is 32.2. The van der Waals surface area contributed by atoms with Gasteiger partial charge in [0.05, 0.1) is 19.2 Å². The Morgan fingerprint density at radius 3 is 2.59 bits per heavy atom. The molecular weight excluding hydrogens is 398 g/mol. The fraction of sp³-hybridized carbons (Fsp3) is 0.375. The van der Waals surface area contributed by atoms with Crippen LogP contribution >= 0.6 is 11.8 Å². The predicted octanol–water partition coefficient (Wildman–Crippen LogP) is -0.411. The molecule has 0 aliphatic carbocycles. The second kappa shape index (κ2) is 6.88. The SMILES string of the molecule is CSc1ncnc2c1ncn2C[C@H]1O[C@@H](n2cnc3c(N)ncnc32)[C@H](O)[C@@H]1O. The van der Waals surface area contributed by atoms with Crippen molar-refractivity contribution in [2.75, 3.05) is 12.0 Å². The first-order valence-corrected chi connectivity index (χ1v) is 9.95. The van der Waals surface area contributed by atoms with E-state index in [1.165, 1.54) is 30.7 Å². The first kappa shape index (κ1) is 18.2. The lowest BCUT2D eigenvalue weighted by Crippen LogP contribution is -2.33. The lowest BCUT2D eigenvalue weighted by atomic mass is 10.1. The molecule has 0 unspecified atom stereocenters. The molecule has 1 saturated heterocycles. The van der Waals surface area contributed by atoms with E-state index < -0.39 is 24.5 Å². The van der Waals surface area contributed by atoms with E-state index in [9.17, 15) is 10.2 Å². The zero-order valence-corrected chi connectivity index (χ0v) is 16.0. The van der Waals surface area contributed by atoms with E-state index in [1.54, 1.807) is 15.5 Å². The van der Waals surface area contributed by atoms with Crippen LogP contribution in [0.1, 0.15) is 6.23 Å². The van der Waals surface area contributed by atoms with Crippen molar-refractivity contribution in [3.8, 4) is 0 Å². The van der Waals surface area contributed by atoms with Gasteiger partial charge in [-0.2, -0.15) is 0 Å². The number of hydrogen-bond acceptors (Lipinski definition) is 11. The average molecular weight is 415 g/mol. The minimum atomic E-state index is -1.18. The summed E-state index contributed by atoms with van der Waals surface area (Å²) in [7, 11) is 0. The lowest BCUT2D eigenvalue weighted by Gasteiger charge is -2.16. The molecule has 13 heteroatoms. The number of aliphatic hydroxyl groups is 2. The van der Waals surface area contributed by atoms with Crippen molar-refractivity contribution in [3.63, 3.8) is 0 Å². The Labute approximate surface area is 167 Å². The summed E-state index contributed by atoms with van der Waals surface area (Å²) in [5, 5.41) is 22.0. The number of rotatable bonds is 4. The smallest absolute Gasteiger partial charge is 0.167 e. The molecule has 5 rings (SSSR count). The van der Waals surface area contributed by atoms with E-state index in [0.29, 0.717) is 22.3 Å². The summed E-state index contributed by atoms with van der Waals surface area (Å²) in [6.07, 6.45) is 3.90. The standard InChI is InChI=1S/C16H17N9O3S/c1-29-15-9-13(19-4-21-15)24(5-22-9)2-7-10(26)11(27)16(28-7)25-6-23-8-12(17)18-3-20-14(8)25/h3-7,10-11,16,26-27H,2H2,1H3,(H2,17,18,20)/t7-,10-,11-,16-/m1/s1. The van der Waals surface area contributed by atoms with Crippen LogP contribution in [0.4, 0.5) is 5.82 Å². The quantitative estimate of drug-likeness (QED) is 0.293. The Balaban J connectivity index is 1.45. The number of ether oxygens (including phenoxy) is 1. The van der Waals surface area contributed by atoms with E-state index in [2.05, 4.69) is 29.9 Å². The number of nitrogens with two attached hydrogens (primary N) is 1. The van der Waals surface area contributed by atoms with Crippen LogP contribution in [0.15, 0.2) is 30.3 Å². The van der Waals surface area contributed by atoms with Crippen LogP contribution in [-0.4, -0.2) is 73.8 Å². The molecule has 1 aliphatic heterocycles. The van der Waals surface area contributed by atoms with Gasteiger partial charge in [-0.3, -0.25) is 4.57 Å². The highest BCUT2D eigenvalue weighted by Gasteiger charge is 2.44. The molecule has 4 aromatic rings. The first-order valence-electron chi connectivity index (χ1n) is 8.73. The molecule has 4 N–H and O–H groups in total. The minimum absolute atomic E-state index is 0.229. The molecule has 150 valence electrons. The van der Waals surface area contributed by atoms with Gasteiger partial charge in [0.25, 0.3) is 0 Å². The summed E-state index contributed by atoms with van der Waals surface area (Å²) in [6.45, 7) is 0.250. The van der Waals surface area contributed by atoms with E-state index in [-0.39, 0.29) is 12.4 Å². The van der Waals surface area contributed by atoms with Crippen molar-refractivity contribution in [2.45, 2.75) is 36.1 Å². The Kier molecular flexibility index (Phi) is 4.31. The number of aromatic nitrogens is 8. The maximum Gasteiger partial charge on any atom is 0.167 e. The van der Waals surface area contributed by atoms with Gasteiger partial charge in [-0.15, -0.1) is 11.8 Å². The third-order valence-corrected chi connectivity index (χ3v) is 5.62. The number of hydrogen-bond donors (Lipinski definition) is 3. The number of anilines is 1. The minimum Gasteiger partial charge on any atom is -0.387 e. The maximum absolute atomic E-state index is 10.6. The summed E-state index contributed by atoms with van der Waals surface area (Å²) in [4.78, 5) is 25.1. The number of imidazole rings is 2. The van der Waals surface area contributed by atoms with E-state index in [1.807, 2.05) is 6.26 Å². The zero-order valence-electron chi connectivity index (χ0n) is 15.2. The molecule has 12 nitrogen and oxygen atoms in total. The normalized spacial score (nSPS) is 24.7. The topological polar surface area (TPSA) is 163 Å². The molecule has 29 heavy (non-hydrogen) atoms. The van der Waals surface area contributed by atoms with Gasteiger partial charge in [0, 0.05) is 0 Å². The van der Waals surface area contributed by atoms with Gasteiger partial charge in [-0.05, 0) is 6.26 Å². The second-order valence-corrected chi connectivity index (χ2v) is 7.38. The van der Waals surface area contributed by atoms with Crippen LogP contribution in [-0.2, 0) is 11.3 Å². The van der Waals surface area contributed by atoms with Gasteiger partial charge in [0.15, 0.2) is 23.3 Å². The molecular formula is C16H17N9O3S. The fourth-order valence-electron chi connectivity index (χ4n) is 3.50. The summed E-state index contributed by atoms with van der Waals surface area (Å²) >= 11 is 1.48. The van der Waals surface area contributed by atoms with Crippen LogP contribution in [0, 0.1) is 0 Å². The van der Waals surface area contributed by atoms with Crippen molar-refractivity contribution in [1.82, 2.24) is 39.0 Å². The number of aliphatic hydroxyl groups excluding tert-OH is 2. The Morgan fingerprint density at radius 1 is 1.00 bits per heavy atom. The van der Waals surface area contributed by atoms with Gasteiger partial charge >= 0.3 is 0 Å². The van der Waals surface area contributed by atoms with Crippen LogP contribution < -0.4 is 5.73 Å². The lowest BCUT2D eigenvalue weighted by molar-refractivity contribution is -0.0390. The monoisotopic (exact) mass is 415 g/mol. The predicted molar refractivity (Wildman–Crippen MR) is 103 cm³/mol. The third-order valence-electron chi connectivity index (χ3n) is 4.94. The van der Waals surface area contributed by atoms with Crippen molar-refractivity contribution in [1.29, 1.82) is 0 Å². The van der Waals surface area contributed by atoms with Gasteiger partial charge in [0.1, 0.15) is 47.0 Å². The van der Waals surface area contributed by atoms with Crippen LogP contribution in [0.2, 0.25) is 0 Å². The van der Waals surface area contributed by atoms with Crippen LogP contribution in [0.5, 0.6) is 0 Å². The number of nitrogens with zero attached hydrogens (tertiary/aromatic N) is 8. The second-order valence-electron chi connectivity index (χ2n) is 6.58. The number of thioether (sulfide) groups is 1. The molecule has 0 amide bonds. The van der Waals surface area contributed by atoms with Gasteiger partial charge in [-0.1, -0.05) is 0 Å². The molecule has 5 heterocycles. The molecule has 0 radical (unpaired) electrons. The highest BCUT2D eigenvalue weighted by molar-refractivity contribution is 7.98. The highest BCUT2D eigenvalue weighted by Crippen LogP contribution is 2.33. The molecule has 0 saturated carbocycles. The van der Waals surface area contributed by atoms with Crippen molar-refractivity contribution >= 4 is 39.9 Å².